The van der Waals surface area contributed by atoms with Gasteiger partial charge in [-0.3, -0.25) is 19.3 Å². The van der Waals surface area contributed by atoms with Crippen molar-refractivity contribution in [2.45, 2.75) is 6.92 Å². The Kier molecular flexibility index (Phi) is 10.3. The second kappa shape index (κ2) is 13.0. The summed E-state index contributed by atoms with van der Waals surface area (Å²) in [6.07, 6.45) is 0. The number of nitrogens with zero attached hydrogens (tertiary/aromatic N) is 1. The minimum absolute atomic E-state index is 0.215. The number of hydrogen-bond acceptors (Lipinski definition) is 8. The SMILES string of the molecule is CC(=O)OCCOCCOCCOCCOCCN1C(=O)c2ccccc2C1=O. The second-order valence-corrected chi connectivity index (χ2v) is 6.10. The molecule has 0 aliphatic carbocycles. The summed E-state index contributed by atoms with van der Waals surface area (Å²) in [5.74, 6) is -0.884. The van der Waals surface area contributed by atoms with E-state index in [1.165, 1.54) is 11.8 Å². The third kappa shape index (κ3) is 7.90. The number of rotatable bonds is 15. The number of hydrogen-bond donors (Lipinski definition) is 0. The summed E-state index contributed by atoms with van der Waals surface area (Å²) >= 11 is 0. The Balaban J connectivity index is 1.39. The molecule has 1 heterocycles. The van der Waals surface area contributed by atoms with Crippen LogP contribution in [0.2, 0.25) is 0 Å². The zero-order chi connectivity index (χ0) is 20.9. The fourth-order valence-corrected chi connectivity index (χ4v) is 2.60. The molecule has 0 N–H and O–H groups in total. The number of carbonyl (C=O) groups excluding carboxylic acids is 3. The lowest BCUT2D eigenvalue weighted by Gasteiger charge is -2.13. The van der Waals surface area contributed by atoms with Crippen LogP contribution < -0.4 is 0 Å². The fraction of sp³-hybridized carbons (Fsp3) is 0.550. The van der Waals surface area contributed by atoms with E-state index in [2.05, 4.69) is 0 Å². The summed E-state index contributed by atoms with van der Waals surface area (Å²) in [6.45, 7) is 4.88. The van der Waals surface area contributed by atoms with E-state index in [4.69, 9.17) is 23.7 Å². The quantitative estimate of drug-likeness (QED) is 0.239. The van der Waals surface area contributed by atoms with Gasteiger partial charge in [-0.2, -0.15) is 0 Å². The molecule has 9 heteroatoms. The predicted octanol–water partition coefficient (Wildman–Crippen LogP) is 0.912. The maximum Gasteiger partial charge on any atom is 0.302 e. The molecular formula is C20H27NO8. The molecule has 0 aromatic heterocycles. The highest BCUT2D eigenvalue weighted by molar-refractivity contribution is 6.21. The summed E-state index contributed by atoms with van der Waals surface area (Å²) in [5, 5.41) is 0. The van der Waals surface area contributed by atoms with Gasteiger partial charge in [-0.05, 0) is 12.1 Å². The third-order valence-electron chi connectivity index (χ3n) is 3.99. The molecule has 2 rings (SSSR count). The molecule has 0 fully saturated rings. The molecule has 0 saturated carbocycles. The van der Waals surface area contributed by atoms with Crippen LogP contribution in [0.1, 0.15) is 27.6 Å². The van der Waals surface area contributed by atoms with E-state index in [0.717, 1.165) is 0 Å². The van der Waals surface area contributed by atoms with Crippen LogP contribution in [0.15, 0.2) is 24.3 Å². The van der Waals surface area contributed by atoms with Gasteiger partial charge >= 0.3 is 5.97 Å². The molecule has 1 aromatic rings. The van der Waals surface area contributed by atoms with Gasteiger partial charge < -0.3 is 23.7 Å². The van der Waals surface area contributed by atoms with Crippen LogP contribution in [-0.2, 0) is 28.5 Å². The Hall–Kier alpha value is -2.33. The Morgan fingerprint density at radius 3 is 1.59 bits per heavy atom. The molecule has 1 aliphatic rings. The van der Waals surface area contributed by atoms with E-state index in [-0.39, 0.29) is 37.5 Å². The van der Waals surface area contributed by atoms with Crippen LogP contribution in [0.25, 0.3) is 0 Å². The van der Waals surface area contributed by atoms with Crippen molar-refractivity contribution in [1.29, 1.82) is 0 Å². The van der Waals surface area contributed by atoms with E-state index in [1.54, 1.807) is 24.3 Å². The standard InChI is InChI=1S/C20H27NO8/c1-16(22)29-15-14-28-13-12-27-11-10-26-9-8-25-7-6-21-19(23)17-4-2-3-5-18(17)20(21)24/h2-5H,6-15H2,1H3. The van der Waals surface area contributed by atoms with E-state index in [9.17, 15) is 14.4 Å². The molecule has 0 radical (unpaired) electrons. The largest absolute Gasteiger partial charge is 0.463 e. The molecule has 2 amide bonds. The summed E-state index contributed by atoms with van der Waals surface area (Å²) in [6, 6.07) is 6.79. The van der Waals surface area contributed by atoms with Gasteiger partial charge in [0.15, 0.2) is 0 Å². The molecule has 0 unspecified atom stereocenters. The number of imide groups is 1. The van der Waals surface area contributed by atoms with Gasteiger partial charge in [-0.25, -0.2) is 0 Å². The van der Waals surface area contributed by atoms with Gasteiger partial charge in [0.25, 0.3) is 11.8 Å². The van der Waals surface area contributed by atoms with Gasteiger partial charge in [-0.15, -0.1) is 0 Å². The Labute approximate surface area is 169 Å². The molecular weight excluding hydrogens is 382 g/mol. The molecule has 0 atom stereocenters. The van der Waals surface area contributed by atoms with E-state index < -0.39 is 0 Å². The minimum atomic E-state index is -0.324. The number of benzene rings is 1. The van der Waals surface area contributed by atoms with E-state index in [1.807, 2.05) is 0 Å². The summed E-state index contributed by atoms with van der Waals surface area (Å²) < 4.78 is 26.1. The van der Waals surface area contributed by atoms with Crippen molar-refractivity contribution >= 4 is 17.8 Å². The topological polar surface area (TPSA) is 101 Å². The van der Waals surface area contributed by atoms with Gasteiger partial charge in [0.2, 0.25) is 0 Å². The van der Waals surface area contributed by atoms with Crippen LogP contribution in [-0.4, -0.2) is 88.7 Å². The maximum absolute atomic E-state index is 12.2. The van der Waals surface area contributed by atoms with E-state index in [0.29, 0.717) is 57.4 Å². The van der Waals surface area contributed by atoms with Crippen LogP contribution in [0.5, 0.6) is 0 Å². The highest BCUT2D eigenvalue weighted by Crippen LogP contribution is 2.21. The number of carbonyl (C=O) groups is 3. The van der Waals surface area contributed by atoms with Crippen molar-refractivity contribution in [3.05, 3.63) is 35.4 Å². The number of ether oxygens (including phenoxy) is 5. The van der Waals surface area contributed by atoms with Crippen molar-refractivity contribution in [2.75, 3.05) is 66.0 Å². The molecule has 9 nitrogen and oxygen atoms in total. The molecule has 160 valence electrons. The maximum atomic E-state index is 12.2. The second-order valence-electron chi connectivity index (χ2n) is 6.10. The number of fused-ring (bicyclic) bond motifs is 1. The van der Waals surface area contributed by atoms with Crippen LogP contribution >= 0.6 is 0 Å². The first-order valence-corrected chi connectivity index (χ1v) is 9.51. The average molecular weight is 409 g/mol. The molecule has 1 aromatic carbocycles. The minimum Gasteiger partial charge on any atom is -0.463 e. The van der Waals surface area contributed by atoms with Gasteiger partial charge in [0.1, 0.15) is 6.61 Å². The third-order valence-corrected chi connectivity index (χ3v) is 3.99. The summed E-state index contributed by atoms with van der Waals surface area (Å²) in [4.78, 5) is 36.1. The lowest BCUT2D eigenvalue weighted by atomic mass is 10.1. The normalized spacial score (nSPS) is 13.1. The number of esters is 1. The first-order chi connectivity index (χ1) is 14.1. The lowest BCUT2D eigenvalue weighted by Crippen LogP contribution is -2.33. The van der Waals surface area contributed by atoms with Gasteiger partial charge in [-0.1, -0.05) is 12.1 Å². The zero-order valence-corrected chi connectivity index (χ0v) is 16.6. The monoisotopic (exact) mass is 409 g/mol. The molecule has 29 heavy (non-hydrogen) atoms. The predicted molar refractivity (Wildman–Crippen MR) is 102 cm³/mol. The highest BCUT2D eigenvalue weighted by atomic mass is 16.6. The first-order valence-electron chi connectivity index (χ1n) is 9.51. The van der Waals surface area contributed by atoms with Crippen molar-refractivity contribution < 1.29 is 38.1 Å². The molecule has 0 saturated heterocycles. The lowest BCUT2D eigenvalue weighted by molar-refractivity contribution is -0.142. The highest BCUT2D eigenvalue weighted by Gasteiger charge is 2.34. The zero-order valence-electron chi connectivity index (χ0n) is 16.6. The van der Waals surface area contributed by atoms with Crippen LogP contribution in [0.4, 0.5) is 0 Å². The summed E-state index contributed by atoms with van der Waals surface area (Å²) in [5.41, 5.74) is 0.881. The Morgan fingerprint density at radius 1 is 0.724 bits per heavy atom. The molecule has 0 bridgehead atoms. The van der Waals surface area contributed by atoms with Crippen molar-refractivity contribution in [2.24, 2.45) is 0 Å². The molecule has 1 aliphatic heterocycles. The Bertz CT molecular complexity index is 643. The first kappa shape index (κ1) is 23.0. The number of amides is 2. The van der Waals surface area contributed by atoms with E-state index >= 15 is 0 Å². The van der Waals surface area contributed by atoms with Gasteiger partial charge in [0, 0.05) is 6.92 Å². The average Bonchev–Trinajstić information content (AvgIpc) is 2.95. The van der Waals surface area contributed by atoms with Crippen molar-refractivity contribution in [3.8, 4) is 0 Å². The van der Waals surface area contributed by atoms with Gasteiger partial charge in [0.05, 0.1) is 70.5 Å². The molecule has 0 spiro atoms. The summed E-state index contributed by atoms with van der Waals surface area (Å²) in [7, 11) is 0. The fourth-order valence-electron chi connectivity index (χ4n) is 2.60. The van der Waals surface area contributed by atoms with Crippen LogP contribution in [0.3, 0.4) is 0 Å². The van der Waals surface area contributed by atoms with Crippen LogP contribution in [0, 0.1) is 0 Å². The smallest absolute Gasteiger partial charge is 0.302 e. The van der Waals surface area contributed by atoms with Crippen molar-refractivity contribution in [1.82, 2.24) is 4.90 Å². The van der Waals surface area contributed by atoms with Crippen molar-refractivity contribution in [3.63, 3.8) is 0 Å². The Morgan fingerprint density at radius 2 is 1.14 bits per heavy atom.